The molecule has 2 heterocycles. The van der Waals surface area contributed by atoms with Crippen LogP contribution in [0.25, 0.3) is 11.1 Å². The first kappa shape index (κ1) is 27.9. The number of fused-ring (bicyclic) bond motifs is 1. The third-order valence-corrected chi connectivity index (χ3v) is 8.53. The molecule has 38 heavy (non-hydrogen) atoms. The van der Waals surface area contributed by atoms with Gasteiger partial charge in [0.1, 0.15) is 22.2 Å². The lowest BCUT2D eigenvalue weighted by molar-refractivity contribution is -0.137. The third kappa shape index (κ3) is 7.27. The number of carboxylic acid groups (broad SMARTS) is 1. The van der Waals surface area contributed by atoms with Gasteiger partial charge in [-0.1, -0.05) is 18.2 Å². The van der Waals surface area contributed by atoms with Crippen LogP contribution >= 0.6 is 11.8 Å². The summed E-state index contributed by atoms with van der Waals surface area (Å²) in [6.45, 7) is 2.36. The molecule has 2 aromatic carbocycles. The van der Waals surface area contributed by atoms with Crippen LogP contribution in [-0.2, 0) is 27.8 Å². The molecule has 1 aliphatic rings. The molecule has 2 N–H and O–H groups in total. The summed E-state index contributed by atoms with van der Waals surface area (Å²) in [6.07, 6.45) is 3.42. The van der Waals surface area contributed by atoms with E-state index in [4.69, 9.17) is 14.6 Å². The molecular weight excluding hydrogens is 526 g/mol. The number of aliphatic carboxylic acids is 1. The van der Waals surface area contributed by atoms with Crippen molar-refractivity contribution in [1.29, 1.82) is 0 Å². The van der Waals surface area contributed by atoms with E-state index in [1.807, 2.05) is 43.3 Å². The molecule has 8 nitrogen and oxygen atoms in total. The molecule has 1 aliphatic heterocycles. The second-order valence-electron chi connectivity index (χ2n) is 9.42. The maximum atomic E-state index is 11.3. The van der Waals surface area contributed by atoms with Gasteiger partial charge in [0.05, 0.1) is 25.4 Å². The Morgan fingerprint density at radius 3 is 2.74 bits per heavy atom. The van der Waals surface area contributed by atoms with Gasteiger partial charge in [0, 0.05) is 35.1 Å². The Balaban J connectivity index is 1.45. The number of benzene rings is 2. The van der Waals surface area contributed by atoms with E-state index >= 15 is 0 Å². The molecule has 4 rings (SSSR count). The Bertz CT molecular complexity index is 1420. The quantitative estimate of drug-likeness (QED) is 0.307. The Hall–Kier alpha value is -3.08. The first-order valence-electron chi connectivity index (χ1n) is 12.2. The minimum atomic E-state index is -3.03. The van der Waals surface area contributed by atoms with Gasteiger partial charge in [-0.15, -0.1) is 11.8 Å². The van der Waals surface area contributed by atoms with Crippen molar-refractivity contribution in [1.82, 2.24) is 4.98 Å². The Morgan fingerprint density at radius 2 is 2.00 bits per heavy atom. The van der Waals surface area contributed by atoms with Crippen LogP contribution in [0.5, 0.6) is 11.6 Å². The van der Waals surface area contributed by atoms with Gasteiger partial charge in [-0.2, -0.15) is 0 Å². The van der Waals surface area contributed by atoms with E-state index < -0.39 is 15.8 Å². The summed E-state index contributed by atoms with van der Waals surface area (Å²) in [5, 5.41) is 19.2. The lowest BCUT2D eigenvalue weighted by atomic mass is 9.94. The molecule has 0 saturated carbocycles. The fraction of sp³-hybridized carbons (Fsp3) is 0.357. The molecule has 1 aromatic heterocycles. The minimum absolute atomic E-state index is 0.0287. The Kier molecular flexibility index (Phi) is 8.96. The molecule has 1 atom stereocenters. The normalized spacial score (nSPS) is 14.8. The second-order valence-corrected chi connectivity index (χ2v) is 12.7. The monoisotopic (exact) mass is 557 g/mol. The standard InChI is InChI=1S/C28H31NO7S2/c1-18-9-23(35-7-4-8-38(2,33)34)11-21(15-30)28(18)20-6-3-5-19(10-20)16-36-26-13-25-24(14-29-26)22(17-37-25)12-27(31)32/h3,5-6,9-11,13-14,22,30H,4,7-8,12,15-17H2,1-2H3,(H,31,32). The van der Waals surface area contributed by atoms with E-state index in [1.54, 1.807) is 24.0 Å². The van der Waals surface area contributed by atoms with Crippen LogP contribution in [0.15, 0.2) is 53.6 Å². The van der Waals surface area contributed by atoms with Gasteiger partial charge < -0.3 is 19.7 Å². The third-order valence-electron chi connectivity index (χ3n) is 6.26. The van der Waals surface area contributed by atoms with Gasteiger partial charge >= 0.3 is 5.97 Å². The number of aliphatic hydroxyl groups is 1. The average Bonchev–Trinajstić information content (AvgIpc) is 3.25. The zero-order valence-corrected chi connectivity index (χ0v) is 23.0. The van der Waals surface area contributed by atoms with Gasteiger partial charge in [0.25, 0.3) is 0 Å². The summed E-state index contributed by atoms with van der Waals surface area (Å²) >= 11 is 1.62. The maximum absolute atomic E-state index is 11.3. The van der Waals surface area contributed by atoms with E-state index in [-0.39, 0.29) is 31.3 Å². The van der Waals surface area contributed by atoms with Gasteiger partial charge in [0.15, 0.2) is 0 Å². The number of nitrogens with zero attached hydrogens (tertiary/aromatic N) is 1. The first-order chi connectivity index (χ1) is 18.1. The SMILES string of the molecule is Cc1cc(OCCCS(C)(=O)=O)cc(CO)c1-c1cccc(COc2cc3c(cn2)C(CC(=O)O)CS3)c1. The van der Waals surface area contributed by atoms with E-state index in [0.717, 1.165) is 44.0 Å². The largest absolute Gasteiger partial charge is 0.494 e. The summed E-state index contributed by atoms with van der Waals surface area (Å²) in [6, 6.07) is 13.4. The molecule has 10 heteroatoms. The smallest absolute Gasteiger partial charge is 0.303 e. The molecule has 0 amide bonds. The highest BCUT2D eigenvalue weighted by atomic mass is 32.2. The van der Waals surface area contributed by atoms with Crippen LogP contribution in [0.4, 0.5) is 0 Å². The van der Waals surface area contributed by atoms with Crippen molar-refractivity contribution in [2.24, 2.45) is 0 Å². The Labute approximate surface area is 226 Å². The van der Waals surface area contributed by atoms with Crippen molar-refractivity contribution in [3.05, 3.63) is 70.9 Å². The lowest BCUT2D eigenvalue weighted by Gasteiger charge is -2.16. The molecule has 0 aliphatic carbocycles. The molecule has 3 aromatic rings. The number of sulfone groups is 1. The van der Waals surface area contributed by atoms with Crippen LogP contribution in [0.2, 0.25) is 0 Å². The predicted molar refractivity (Wildman–Crippen MR) is 147 cm³/mol. The summed E-state index contributed by atoms with van der Waals surface area (Å²) in [7, 11) is -3.03. The van der Waals surface area contributed by atoms with Crippen molar-refractivity contribution < 1.29 is 32.9 Å². The van der Waals surface area contributed by atoms with Crippen LogP contribution in [0.1, 0.15) is 41.0 Å². The van der Waals surface area contributed by atoms with Crippen molar-refractivity contribution >= 4 is 27.6 Å². The molecule has 0 spiro atoms. The van der Waals surface area contributed by atoms with Crippen LogP contribution < -0.4 is 9.47 Å². The summed E-state index contributed by atoms with van der Waals surface area (Å²) in [5.41, 5.74) is 5.39. The first-order valence-corrected chi connectivity index (χ1v) is 15.3. The number of pyridine rings is 1. The van der Waals surface area contributed by atoms with Gasteiger partial charge in [-0.3, -0.25) is 4.79 Å². The fourth-order valence-electron chi connectivity index (χ4n) is 4.53. The predicted octanol–water partition coefficient (Wildman–Crippen LogP) is 4.61. The average molecular weight is 558 g/mol. The number of aromatic nitrogens is 1. The maximum Gasteiger partial charge on any atom is 0.303 e. The van der Waals surface area contributed by atoms with Crippen LogP contribution in [0.3, 0.4) is 0 Å². The van der Waals surface area contributed by atoms with Crippen molar-refractivity contribution in [3.8, 4) is 22.8 Å². The molecule has 0 radical (unpaired) electrons. The molecule has 202 valence electrons. The summed E-state index contributed by atoms with van der Waals surface area (Å²) in [4.78, 5) is 16.5. The number of aryl methyl sites for hydroxylation is 1. The zero-order chi connectivity index (χ0) is 27.3. The van der Waals surface area contributed by atoms with Gasteiger partial charge in [0.2, 0.25) is 5.88 Å². The minimum Gasteiger partial charge on any atom is -0.494 e. The Morgan fingerprint density at radius 1 is 1.18 bits per heavy atom. The highest BCUT2D eigenvalue weighted by molar-refractivity contribution is 7.99. The number of rotatable bonds is 12. The highest BCUT2D eigenvalue weighted by Gasteiger charge is 2.26. The van der Waals surface area contributed by atoms with Crippen molar-refractivity contribution in [3.63, 3.8) is 0 Å². The zero-order valence-electron chi connectivity index (χ0n) is 21.3. The lowest BCUT2D eigenvalue weighted by Crippen LogP contribution is -2.08. The number of hydrogen-bond acceptors (Lipinski definition) is 8. The number of hydrogen-bond donors (Lipinski definition) is 2. The van der Waals surface area contributed by atoms with Crippen molar-refractivity contribution in [2.75, 3.05) is 24.4 Å². The highest BCUT2D eigenvalue weighted by Crippen LogP contribution is 2.42. The van der Waals surface area contributed by atoms with E-state index in [0.29, 0.717) is 24.7 Å². The molecular formula is C28H31NO7S2. The number of aliphatic hydroxyl groups excluding tert-OH is 1. The van der Waals surface area contributed by atoms with E-state index in [9.17, 15) is 18.3 Å². The fourth-order valence-corrected chi connectivity index (χ4v) is 6.42. The van der Waals surface area contributed by atoms with Gasteiger partial charge in [-0.05, 0) is 64.9 Å². The molecule has 1 unspecified atom stereocenters. The molecule has 0 bridgehead atoms. The van der Waals surface area contributed by atoms with Crippen molar-refractivity contribution in [2.45, 2.75) is 43.8 Å². The molecule has 0 saturated heterocycles. The number of carbonyl (C=O) groups is 1. The second kappa shape index (κ2) is 12.2. The van der Waals surface area contributed by atoms with Crippen LogP contribution in [-0.4, -0.2) is 54.0 Å². The number of carboxylic acids is 1. The summed E-state index contributed by atoms with van der Waals surface area (Å²) in [5.74, 6) is 1.04. The number of ether oxygens (including phenoxy) is 2. The van der Waals surface area contributed by atoms with Gasteiger partial charge in [-0.25, -0.2) is 13.4 Å². The topological polar surface area (TPSA) is 123 Å². The van der Waals surface area contributed by atoms with E-state index in [2.05, 4.69) is 4.98 Å². The number of thioether (sulfide) groups is 1. The van der Waals surface area contributed by atoms with Crippen LogP contribution in [0, 0.1) is 6.92 Å². The summed E-state index contributed by atoms with van der Waals surface area (Å²) < 4.78 is 34.4. The van der Waals surface area contributed by atoms with E-state index in [1.165, 1.54) is 6.26 Å². The molecule has 0 fully saturated rings.